The first kappa shape index (κ1) is 36.1. The summed E-state index contributed by atoms with van der Waals surface area (Å²) in [6.07, 6.45) is -5.43. The molecule has 3 aromatic carbocycles. The lowest BCUT2D eigenvalue weighted by atomic mass is 9.99. The van der Waals surface area contributed by atoms with Crippen LogP contribution in [0.25, 0.3) is 11.1 Å². The number of amides is 4. The largest absolute Gasteiger partial charge is 0.490 e. The molecule has 0 heterocycles. The molecule has 0 aromatic heterocycles. The van der Waals surface area contributed by atoms with Crippen molar-refractivity contribution in [3.63, 3.8) is 0 Å². The van der Waals surface area contributed by atoms with E-state index in [1.807, 2.05) is 48.5 Å². The lowest BCUT2D eigenvalue weighted by Crippen LogP contribution is -2.41. The highest BCUT2D eigenvalue weighted by Crippen LogP contribution is 2.23. The number of carbonyl (C=O) groups excluding carboxylic acids is 3. The molecule has 11 nitrogen and oxygen atoms in total. The van der Waals surface area contributed by atoms with Crippen molar-refractivity contribution in [2.45, 2.75) is 31.6 Å². The van der Waals surface area contributed by atoms with Crippen LogP contribution in [0.5, 0.6) is 0 Å². The van der Waals surface area contributed by atoms with Crippen LogP contribution in [0.2, 0.25) is 5.02 Å². The molecule has 0 bridgehead atoms. The van der Waals surface area contributed by atoms with Gasteiger partial charge in [0.15, 0.2) is 0 Å². The molecular formula is C30H30ClF3N4O7. The van der Waals surface area contributed by atoms with E-state index in [1.54, 1.807) is 30.3 Å². The van der Waals surface area contributed by atoms with E-state index in [0.717, 1.165) is 16.7 Å². The van der Waals surface area contributed by atoms with Gasteiger partial charge in [-0.3, -0.25) is 14.4 Å². The number of nitrogens with one attached hydrogen (secondary N) is 4. The van der Waals surface area contributed by atoms with Gasteiger partial charge in [0.1, 0.15) is 0 Å². The van der Waals surface area contributed by atoms with Crippen molar-refractivity contribution in [3.05, 3.63) is 95.0 Å². The number of carboxylic acid groups (broad SMARTS) is 2. The number of aliphatic carboxylic acids is 2. The van der Waals surface area contributed by atoms with Crippen LogP contribution in [0, 0.1) is 0 Å². The predicted molar refractivity (Wildman–Crippen MR) is 158 cm³/mol. The van der Waals surface area contributed by atoms with Crippen LogP contribution < -0.4 is 21.3 Å². The van der Waals surface area contributed by atoms with E-state index in [2.05, 4.69) is 21.3 Å². The zero-order valence-electron chi connectivity index (χ0n) is 23.6. The summed E-state index contributed by atoms with van der Waals surface area (Å²) in [6.45, 7) is -0.0165. The average molecular weight is 651 g/mol. The highest BCUT2D eigenvalue weighted by molar-refractivity contribution is 6.31. The SMILES string of the molecule is O=C(O)C(F)(F)F.O=C(O)CC(NC(=O)CNC(=O)CCNC(=O)NCc1ccccc1Cl)c1ccc(-c2ccccc2)cc1. The van der Waals surface area contributed by atoms with E-state index in [9.17, 15) is 37.5 Å². The van der Waals surface area contributed by atoms with Crippen molar-refractivity contribution in [1.29, 1.82) is 0 Å². The normalized spacial score (nSPS) is 11.2. The van der Waals surface area contributed by atoms with Gasteiger partial charge in [-0.15, -0.1) is 0 Å². The van der Waals surface area contributed by atoms with E-state index in [-0.39, 0.29) is 32.5 Å². The Morgan fingerprint density at radius 2 is 1.33 bits per heavy atom. The van der Waals surface area contributed by atoms with Gasteiger partial charge in [-0.25, -0.2) is 9.59 Å². The van der Waals surface area contributed by atoms with E-state index in [1.165, 1.54) is 0 Å². The standard InChI is InChI=1S/C28H29ClN4O5.C2HF3O2/c29-23-9-5-4-8-22(23)17-32-28(38)30-15-14-25(34)31-18-26(35)33-24(16-27(36)37)21-12-10-20(11-13-21)19-6-2-1-3-7-19;3-2(4,5)1(6)7/h1-13,24H,14-18H2,(H,31,34)(H,33,35)(H,36,37)(H2,30,32,38);(H,6,7). The second-order valence-electron chi connectivity index (χ2n) is 9.24. The van der Waals surface area contributed by atoms with Gasteiger partial charge in [-0.05, 0) is 28.3 Å². The molecule has 4 amide bonds. The number of alkyl halides is 3. The molecule has 1 unspecified atom stereocenters. The van der Waals surface area contributed by atoms with E-state index < -0.39 is 42.0 Å². The predicted octanol–water partition coefficient (Wildman–Crippen LogP) is 4.28. The number of halogens is 4. The van der Waals surface area contributed by atoms with Gasteiger partial charge in [0.05, 0.1) is 19.0 Å². The van der Waals surface area contributed by atoms with Crippen LogP contribution in [-0.4, -0.2) is 59.3 Å². The minimum absolute atomic E-state index is 0.0354. The van der Waals surface area contributed by atoms with E-state index in [0.29, 0.717) is 10.6 Å². The lowest BCUT2D eigenvalue weighted by Gasteiger charge is -2.18. The second kappa shape index (κ2) is 17.9. The highest BCUT2D eigenvalue weighted by atomic mass is 35.5. The maximum atomic E-state index is 12.4. The topological polar surface area (TPSA) is 174 Å². The molecule has 15 heteroatoms. The maximum Gasteiger partial charge on any atom is 0.490 e. The number of rotatable bonds is 12. The molecule has 0 spiro atoms. The third-order valence-electron chi connectivity index (χ3n) is 5.86. The summed E-state index contributed by atoms with van der Waals surface area (Å²) >= 11 is 6.05. The van der Waals surface area contributed by atoms with Gasteiger partial charge < -0.3 is 31.5 Å². The highest BCUT2D eigenvalue weighted by Gasteiger charge is 2.38. The Balaban J connectivity index is 0.000000900. The van der Waals surface area contributed by atoms with E-state index >= 15 is 0 Å². The van der Waals surface area contributed by atoms with Crippen molar-refractivity contribution >= 4 is 41.4 Å². The summed E-state index contributed by atoms with van der Waals surface area (Å²) in [4.78, 5) is 56.7. The Morgan fingerprint density at radius 1 is 0.756 bits per heavy atom. The fraction of sp³-hybridized carbons (Fsp3) is 0.233. The zero-order chi connectivity index (χ0) is 33.4. The second-order valence-corrected chi connectivity index (χ2v) is 9.64. The molecule has 45 heavy (non-hydrogen) atoms. The van der Waals surface area contributed by atoms with Crippen molar-refractivity contribution in [2.24, 2.45) is 0 Å². The van der Waals surface area contributed by atoms with Crippen molar-refractivity contribution in [3.8, 4) is 11.1 Å². The summed E-state index contributed by atoms with van der Waals surface area (Å²) in [5.41, 5.74) is 3.39. The quantitative estimate of drug-likeness (QED) is 0.170. The molecule has 0 aliphatic rings. The first-order valence-corrected chi connectivity index (χ1v) is 13.6. The Hall–Kier alpha value is -5.11. The van der Waals surface area contributed by atoms with Gasteiger partial charge in [0.25, 0.3) is 0 Å². The molecule has 3 rings (SSSR count). The third kappa shape index (κ3) is 13.8. The van der Waals surface area contributed by atoms with Crippen LogP contribution in [0.3, 0.4) is 0 Å². The van der Waals surface area contributed by atoms with Crippen LogP contribution >= 0.6 is 11.6 Å². The average Bonchev–Trinajstić information content (AvgIpc) is 2.99. The van der Waals surface area contributed by atoms with Gasteiger partial charge in [0.2, 0.25) is 11.8 Å². The van der Waals surface area contributed by atoms with Crippen LogP contribution in [0.1, 0.15) is 30.0 Å². The van der Waals surface area contributed by atoms with Gasteiger partial charge in [0, 0.05) is 24.5 Å². The van der Waals surface area contributed by atoms with Crippen molar-refractivity contribution in [1.82, 2.24) is 21.3 Å². The van der Waals surface area contributed by atoms with Crippen LogP contribution in [-0.2, 0) is 25.7 Å². The Kier molecular flexibility index (Phi) is 14.3. The Bertz CT molecular complexity index is 1460. The third-order valence-corrected chi connectivity index (χ3v) is 6.23. The summed E-state index contributed by atoms with van der Waals surface area (Å²) in [7, 11) is 0. The summed E-state index contributed by atoms with van der Waals surface area (Å²) in [5.74, 6) is -4.78. The Morgan fingerprint density at radius 3 is 1.91 bits per heavy atom. The molecule has 0 saturated heterocycles. The minimum atomic E-state index is -5.08. The molecule has 0 fully saturated rings. The first-order valence-electron chi connectivity index (χ1n) is 13.2. The van der Waals surface area contributed by atoms with Gasteiger partial charge in [-0.1, -0.05) is 84.4 Å². The number of hydrogen-bond donors (Lipinski definition) is 6. The van der Waals surface area contributed by atoms with Crippen molar-refractivity contribution in [2.75, 3.05) is 13.1 Å². The smallest absolute Gasteiger partial charge is 0.481 e. The van der Waals surface area contributed by atoms with Gasteiger partial charge in [-0.2, -0.15) is 13.2 Å². The summed E-state index contributed by atoms with van der Waals surface area (Å²) in [6, 6.07) is 22.9. The molecule has 3 aromatic rings. The molecule has 1 atom stereocenters. The number of benzene rings is 3. The molecule has 6 N–H and O–H groups in total. The monoisotopic (exact) mass is 650 g/mol. The van der Waals surface area contributed by atoms with Crippen molar-refractivity contribution < 1.29 is 47.4 Å². The van der Waals surface area contributed by atoms with Gasteiger partial charge >= 0.3 is 24.1 Å². The molecule has 0 saturated carbocycles. The number of hydrogen-bond acceptors (Lipinski definition) is 5. The maximum absolute atomic E-state index is 12.4. The molecule has 0 aliphatic heterocycles. The van der Waals surface area contributed by atoms with Crippen LogP contribution in [0.15, 0.2) is 78.9 Å². The lowest BCUT2D eigenvalue weighted by molar-refractivity contribution is -0.192. The molecule has 0 radical (unpaired) electrons. The fourth-order valence-electron chi connectivity index (χ4n) is 3.65. The number of urea groups is 1. The summed E-state index contributed by atoms with van der Waals surface area (Å²) < 4.78 is 31.7. The molecule has 240 valence electrons. The zero-order valence-corrected chi connectivity index (χ0v) is 24.3. The van der Waals surface area contributed by atoms with E-state index in [4.69, 9.17) is 21.5 Å². The fourth-order valence-corrected chi connectivity index (χ4v) is 3.85. The number of carboxylic acids is 2. The summed E-state index contributed by atoms with van der Waals surface area (Å²) in [5, 5.41) is 27.3. The Labute approximate surface area is 260 Å². The molecular weight excluding hydrogens is 621 g/mol. The molecule has 0 aliphatic carbocycles. The minimum Gasteiger partial charge on any atom is -0.481 e. The number of carbonyl (C=O) groups is 5. The first-order chi connectivity index (χ1) is 21.3. The van der Waals surface area contributed by atoms with Crippen LogP contribution in [0.4, 0.5) is 18.0 Å².